The molecule has 0 saturated carbocycles. The van der Waals surface area contributed by atoms with Crippen molar-refractivity contribution in [3.05, 3.63) is 89.4 Å². The number of carbonyl (C=O) groups is 1. The Morgan fingerprint density at radius 1 is 1.00 bits per heavy atom. The zero-order chi connectivity index (χ0) is 21.1. The summed E-state index contributed by atoms with van der Waals surface area (Å²) in [5.74, 6) is -0.0502. The molecule has 0 saturated heterocycles. The van der Waals surface area contributed by atoms with Gasteiger partial charge in [-0.1, -0.05) is 54.1 Å². The van der Waals surface area contributed by atoms with Gasteiger partial charge in [-0.3, -0.25) is 9.10 Å². The zero-order valence-corrected chi connectivity index (χ0v) is 17.4. The maximum Gasteiger partial charge on any atom is 0.264 e. The van der Waals surface area contributed by atoms with Crippen molar-refractivity contribution >= 4 is 33.2 Å². The highest BCUT2D eigenvalue weighted by atomic mass is 35.5. The van der Waals surface area contributed by atoms with Gasteiger partial charge in [0.05, 0.1) is 17.1 Å². The molecule has 0 aliphatic carbocycles. The van der Waals surface area contributed by atoms with E-state index < -0.39 is 16.1 Å². The molecule has 0 aromatic heterocycles. The molecule has 4 rings (SSSR count). The van der Waals surface area contributed by atoms with E-state index in [1.165, 1.54) is 28.6 Å². The molecule has 0 spiro atoms. The first-order valence-electron chi connectivity index (χ1n) is 9.31. The molecule has 3 aromatic carbocycles. The number of carbonyl (C=O) groups excluding carboxylic acids is 1. The molecule has 6 nitrogen and oxygen atoms in total. The molecule has 1 unspecified atom stereocenters. The molecule has 30 heavy (non-hydrogen) atoms. The van der Waals surface area contributed by atoms with Crippen molar-refractivity contribution in [3.8, 4) is 5.75 Å². The number of hydrogen-bond donors (Lipinski definition) is 1. The highest BCUT2D eigenvalue weighted by Gasteiger charge is 2.37. The minimum Gasteiger partial charge on any atom is -0.476 e. The lowest BCUT2D eigenvalue weighted by molar-refractivity contribution is -0.127. The average Bonchev–Trinajstić information content (AvgIpc) is 2.77. The summed E-state index contributed by atoms with van der Waals surface area (Å²) in [6, 6.07) is 22.1. The first-order chi connectivity index (χ1) is 14.4. The van der Waals surface area contributed by atoms with Crippen molar-refractivity contribution < 1.29 is 17.9 Å². The number of sulfonamides is 1. The van der Waals surface area contributed by atoms with Crippen molar-refractivity contribution in [2.75, 3.05) is 10.8 Å². The van der Waals surface area contributed by atoms with E-state index >= 15 is 0 Å². The van der Waals surface area contributed by atoms with Crippen LogP contribution in [0.15, 0.2) is 83.8 Å². The van der Waals surface area contributed by atoms with Gasteiger partial charge in [-0.2, -0.15) is 0 Å². The van der Waals surface area contributed by atoms with E-state index in [-0.39, 0.29) is 17.3 Å². The second-order valence-corrected chi connectivity index (χ2v) is 9.07. The Morgan fingerprint density at radius 2 is 1.67 bits per heavy atom. The SMILES string of the molecule is O=C(NCc1ccccc1)C1CN(S(=O)(=O)c2ccc(Cl)cc2)c2ccccc2O1. The normalized spacial score (nSPS) is 15.8. The molecule has 1 atom stereocenters. The molecular formula is C22H19ClN2O4S. The predicted octanol–water partition coefficient (Wildman–Crippen LogP) is 3.61. The van der Waals surface area contributed by atoms with Gasteiger partial charge in [-0.25, -0.2) is 8.42 Å². The number of fused-ring (bicyclic) bond motifs is 1. The van der Waals surface area contributed by atoms with Crippen LogP contribution < -0.4 is 14.4 Å². The van der Waals surface area contributed by atoms with Crippen LogP contribution in [-0.4, -0.2) is 27.0 Å². The van der Waals surface area contributed by atoms with Crippen molar-refractivity contribution in [1.82, 2.24) is 5.32 Å². The molecule has 3 aromatic rings. The molecule has 0 fully saturated rings. The molecule has 1 heterocycles. The first-order valence-corrected chi connectivity index (χ1v) is 11.1. The van der Waals surface area contributed by atoms with E-state index in [2.05, 4.69) is 5.32 Å². The number of amides is 1. The minimum atomic E-state index is -3.91. The third-order valence-electron chi connectivity index (χ3n) is 4.74. The summed E-state index contributed by atoms with van der Waals surface area (Å²) >= 11 is 5.90. The van der Waals surface area contributed by atoms with Crippen LogP contribution in [0.4, 0.5) is 5.69 Å². The second kappa shape index (κ2) is 8.38. The molecule has 1 aliphatic heterocycles. The van der Waals surface area contributed by atoms with E-state index in [0.29, 0.717) is 23.0 Å². The summed E-state index contributed by atoms with van der Waals surface area (Å²) in [7, 11) is -3.91. The van der Waals surface area contributed by atoms with Gasteiger partial charge >= 0.3 is 0 Å². The number of ether oxygens (including phenoxy) is 1. The Labute approximate surface area is 180 Å². The number of benzene rings is 3. The first kappa shape index (κ1) is 20.3. The second-order valence-electron chi connectivity index (χ2n) is 6.77. The summed E-state index contributed by atoms with van der Waals surface area (Å²) in [6.45, 7) is 0.188. The van der Waals surface area contributed by atoms with Crippen molar-refractivity contribution in [2.24, 2.45) is 0 Å². The minimum absolute atomic E-state index is 0.0899. The van der Waals surface area contributed by atoms with Gasteiger partial charge in [0, 0.05) is 11.6 Å². The number of hydrogen-bond acceptors (Lipinski definition) is 4. The lowest BCUT2D eigenvalue weighted by atomic mass is 10.2. The molecule has 1 amide bonds. The summed E-state index contributed by atoms with van der Waals surface area (Å²) < 4.78 is 33.6. The number of anilines is 1. The summed E-state index contributed by atoms with van der Waals surface area (Å²) in [5.41, 5.74) is 1.33. The third kappa shape index (κ3) is 4.13. The highest BCUT2D eigenvalue weighted by molar-refractivity contribution is 7.92. The number of halogens is 1. The van der Waals surface area contributed by atoms with Gasteiger partial charge in [-0.05, 0) is 42.0 Å². The predicted molar refractivity (Wildman–Crippen MR) is 115 cm³/mol. The van der Waals surface area contributed by atoms with Crippen LogP contribution in [0.2, 0.25) is 5.02 Å². The van der Waals surface area contributed by atoms with Crippen LogP contribution in [0, 0.1) is 0 Å². The number of nitrogens with one attached hydrogen (secondary N) is 1. The van der Waals surface area contributed by atoms with Crippen LogP contribution in [0.3, 0.4) is 0 Å². The van der Waals surface area contributed by atoms with Crippen LogP contribution >= 0.6 is 11.6 Å². The number of rotatable bonds is 5. The smallest absolute Gasteiger partial charge is 0.264 e. The molecule has 8 heteroatoms. The monoisotopic (exact) mass is 442 g/mol. The van der Waals surface area contributed by atoms with Gasteiger partial charge < -0.3 is 10.1 Å². The van der Waals surface area contributed by atoms with Crippen LogP contribution in [0.1, 0.15) is 5.56 Å². The van der Waals surface area contributed by atoms with Crippen molar-refractivity contribution in [1.29, 1.82) is 0 Å². The molecule has 154 valence electrons. The van der Waals surface area contributed by atoms with Gasteiger partial charge in [-0.15, -0.1) is 0 Å². The Hall–Kier alpha value is -3.03. The summed E-state index contributed by atoms with van der Waals surface area (Å²) in [6.07, 6.45) is -0.981. The third-order valence-corrected chi connectivity index (χ3v) is 6.78. The maximum absolute atomic E-state index is 13.3. The standard InChI is InChI=1S/C22H19ClN2O4S/c23-17-10-12-18(13-11-17)30(27,28)25-15-21(29-20-9-5-4-8-19(20)25)22(26)24-14-16-6-2-1-3-7-16/h1-13,21H,14-15H2,(H,24,26). The van der Waals surface area contributed by atoms with E-state index in [1.54, 1.807) is 24.3 Å². The van der Waals surface area contributed by atoms with E-state index in [1.807, 2.05) is 30.3 Å². The van der Waals surface area contributed by atoms with Crippen molar-refractivity contribution in [3.63, 3.8) is 0 Å². The van der Waals surface area contributed by atoms with Gasteiger partial charge in [0.2, 0.25) is 0 Å². The number of para-hydroxylation sites is 2. The lowest BCUT2D eigenvalue weighted by Gasteiger charge is -2.34. The topological polar surface area (TPSA) is 75.7 Å². The molecule has 1 N–H and O–H groups in total. The maximum atomic E-state index is 13.3. The fourth-order valence-corrected chi connectivity index (χ4v) is 4.80. The fourth-order valence-electron chi connectivity index (χ4n) is 3.20. The Balaban J connectivity index is 1.60. The van der Waals surface area contributed by atoms with Crippen LogP contribution in [-0.2, 0) is 21.4 Å². The fraction of sp³-hybridized carbons (Fsp3) is 0.136. The van der Waals surface area contributed by atoms with Gasteiger partial charge in [0.25, 0.3) is 15.9 Å². The average molecular weight is 443 g/mol. The molecular weight excluding hydrogens is 424 g/mol. The van der Waals surface area contributed by atoms with E-state index in [0.717, 1.165) is 5.56 Å². The molecule has 0 bridgehead atoms. The largest absolute Gasteiger partial charge is 0.476 e. The summed E-state index contributed by atoms with van der Waals surface area (Å²) in [5, 5.41) is 3.26. The lowest BCUT2D eigenvalue weighted by Crippen LogP contribution is -2.50. The van der Waals surface area contributed by atoms with Gasteiger partial charge in [0.1, 0.15) is 5.75 Å². The Bertz CT molecular complexity index is 1150. The molecule has 1 aliphatic rings. The van der Waals surface area contributed by atoms with Crippen LogP contribution in [0.5, 0.6) is 5.75 Å². The quantitative estimate of drug-likeness (QED) is 0.655. The van der Waals surface area contributed by atoms with Crippen molar-refractivity contribution in [2.45, 2.75) is 17.5 Å². The summed E-state index contributed by atoms with van der Waals surface area (Å²) in [4.78, 5) is 12.8. The Morgan fingerprint density at radius 3 is 2.40 bits per heavy atom. The zero-order valence-electron chi connectivity index (χ0n) is 15.9. The van der Waals surface area contributed by atoms with E-state index in [4.69, 9.17) is 16.3 Å². The van der Waals surface area contributed by atoms with Gasteiger partial charge in [0.15, 0.2) is 6.10 Å². The Kier molecular flexibility index (Phi) is 5.65. The highest BCUT2D eigenvalue weighted by Crippen LogP contribution is 2.36. The van der Waals surface area contributed by atoms with Crippen LogP contribution in [0.25, 0.3) is 0 Å². The van der Waals surface area contributed by atoms with E-state index in [9.17, 15) is 13.2 Å². The molecule has 0 radical (unpaired) electrons. The number of nitrogens with zero attached hydrogens (tertiary/aromatic N) is 1.